The van der Waals surface area contributed by atoms with E-state index in [0.29, 0.717) is 5.01 Å². The lowest BCUT2D eigenvalue weighted by molar-refractivity contribution is -0.148. The molecule has 8 heteroatoms. The first-order chi connectivity index (χ1) is 7.34. The van der Waals surface area contributed by atoms with Gasteiger partial charge in [0.2, 0.25) is 5.91 Å². The van der Waals surface area contributed by atoms with Crippen molar-refractivity contribution in [3.05, 3.63) is 0 Å². The Morgan fingerprint density at radius 1 is 1.56 bits per heavy atom. The fourth-order valence-corrected chi connectivity index (χ4v) is 1.08. The minimum Gasteiger partial charge on any atom is -0.465 e. The van der Waals surface area contributed by atoms with Crippen molar-refractivity contribution in [2.75, 3.05) is 13.2 Å². The van der Waals surface area contributed by atoms with Gasteiger partial charge in [-0.2, -0.15) is 18.3 Å². The molecular formula is C8H9F3N2O3. The molecule has 0 radical (unpaired) electrons. The highest BCUT2D eigenvalue weighted by Crippen LogP contribution is 2.24. The van der Waals surface area contributed by atoms with Gasteiger partial charge in [-0.15, -0.1) is 0 Å². The number of hydrogen-bond acceptors (Lipinski definition) is 4. The van der Waals surface area contributed by atoms with Crippen LogP contribution >= 0.6 is 0 Å². The van der Waals surface area contributed by atoms with E-state index in [1.165, 1.54) is 0 Å². The van der Waals surface area contributed by atoms with Crippen molar-refractivity contribution < 1.29 is 27.5 Å². The van der Waals surface area contributed by atoms with Gasteiger partial charge in [0.05, 0.1) is 13.0 Å². The van der Waals surface area contributed by atoms with E-state index >= 15 is 0 Å². The molecule has 0 bridgehead atoms. The minimum atomic E-state index is -4.64. The summed E-state index contributed by atoms with van der Waals surface area (Å²) in [5, 5.41) is 3.51. The predicted octanol–water partition coefficient (Wildman–Crippen LogP) is 0.700. The monoisotopic (exact) mass is 238 g/mol. The lowest BCUT2D eigenvalue weighted by Crippen LogP contribution is -2.28. The molecule has 0 aliphatic carbocycles. The Morgan fingerprint density at radius 2 is 2.19 bits per heavy atom. The van der Waals surface area contributed by atoms with Crippen molar-refractivity contribution in [1.29, 1.82) is 0 Å². The van der Waals surface area contributed by atoms with Gasteiger partial charge in [-0.25, -0.2) is 5.01 Å². The van der Waals surface area contributed by atoms with Crippen LogP contribution in [0, 0.1) is 0 Å². The summed E-state index contributed by atoms with van der Waals surface area (Å²) in [6.45, 7) is 1.05. The molecule has 16 heavy (non-hydrogen) atoms. The van der Waals surface area contributed by atoms with Gasteiger partial charge in [0.15, 0.2) is 5.71 Å². The third-order valence-electron chi connectivity index (χ3n) is 1.76. The molecule has 90 valence electrons. The number of nitrogens with zero attached hydrogens (tertiary/aromatic N) is 2. The largest absolute Gasteiger partial charge is 0.465 e. The second-order valence-corrected chi connectivity index (χ2v) is 2.98. The van der Waals surface area contributed by atoms with Gasteiger partial charge < -0.3 is 4.74 Å². The predicted molar refractivity (Wildman–Crippen MR) is 46.5 cm³/mol. The Hall–Kier alpha value is -1.60. The number of carbonyl (C=O) groups excluding carboxylic acids is 2. The highest BCUT2D eigenvalue weighted by Gasteiger charge is 2.42. The Labute approximate surface area is 88.8 Å². The number of halogens is 3. The molecule has 5 nitrogen and oxygen atoms in total. The van der Waals surface area contributed by atoms with Gasteiger partial charge in [-0.3, -0.25) is 9.59 Å². The van der Waals surface area contributed by atoms with Crippen molar-refractivity contribution in [1.82, 2.24) is 5.01 Å². The minimum absolute atomic E-state index is 0.0940. The molecule has 0 atom stereocenters. The van der Waals surface area contributed by atoms with E-state index < -0.39 is 36.7 Å². The number of hydrogen-bond donors (Lipinski definition) is 0. The average Bonchev–Trinajstić information content (AvgIpc) is 2.47. The maximum absolute atomic E-state index is 12.2. The highest BCUT2D eigenvalue weighted by atomic mass is 19.4. The van der Waals surface area contributed by atoms with E-state index in [9.17, 15) is 22.8 Å². The van der Waals surface area contributed by atoms with Crippen LogP contribution in [0.15, 0.2) is 5.10 Å². The topological polar surface area (TPSA) is 59.0 Å². The fraction of sp³-hybridized carbons (Fsp3) is 0.625. The maximum Gasteiger partial charge on any atom is 0.431 e. The molecule has 1 heterocycles. The van der Waals surface area contributed by atoms with Gasteiger partial charge in [-0.05, 0) is 6.92 Å². The van der Waals surface area contributed by atoms with E-state index in [-0.39, 0.29) is 6.61 Å². The third kappa shape index (κ3) is 2.94. The van der Waals surface area contributed by atoms with E-state index in [0.717, 1.165) is 0 Å². The zero-order valence-corrected chi connectivity index (χ0v) is 8.37. The van der Waals surface area contributed by atoms with Crippen molar-refractivity contribution in [2.45, 2.75) is 19.5 Å². The highest BCUT2D eigenvalue weighted by molar-refractivity contribution is 6.08. The fourth-order valence-electron chi connectivity index (χ4n) is 1.08. The van der Waals surface area contributed by atoms with Gasteiger partial charge in [0, 0.05) is 0 Å². The SMILES string of the molecule is CCOC(=O)CN1N=C(C(F)(F)F)CC1=O. The Bertz CT molecular complexity index is 338. The second kappa shape index (κ2) is 4.50. The van der Waals surface area contributed by atoms with Crippen molar-refractivity contribution in [3.63, 3.8) is 0 Å². The molecule has 0 saturated heterocycles. The van der Waals surface area contributed by atoms with Crippen LogP contribution in [0.4, 0.5) is 13.2 Å². The van der Waals surface area contributed by atoms with Crippen molar-refractivity contribution in [3.8, 4) is 0 Å². The van der Waals surface area contributed by atoms with Crippen molar-refractivity contribution in [2.24, 2.45) is 5.10 Å². The molecule has 0 aromatic heterocycles. The Balaban J connectivity index is 2.65. The number of amides is 1. The smallest absolute Gasteiger partial charge is 0.431 e. The summed E-state index contributed by atoms with van der Waals surface area (Å²) >= 11 is 0. The quantitative estimate of drug-likeness (QED) is 0.680. The zero-order chi connectivity index (χ0) is 12.3. The first kappa shape index (κ1) is 12.5. The number of esters is 1. The Morgan fingerprint density at radius 3 is 2.62 bits per heavy atom. The second-order valence-electron chi connectivity index (χ2n) is 2.98. The number of hydrazone groups is 1. The number of alkyl halides is 3. The molecule has 1 amide bonds. The van der Waals surface area contributed by atoms with Crippen LogP contribution in [0.2, 0.25) is 0 Å². The molecule has 0 spiro atoms. The lowest BCUT2D eigenvalue weighted by Gasteiger charge is -2.09. The molecule has 0 aromatic rings. The van der Waals surface area contributed by atoms with Gasteiger partial charge in [-0.1, -0.05) is 0 Å². The molecule has 0 fully saturated rings. The van der Waals surface area contributed by atoms with E-state index in [1.54, 1.807) is 6.92 Å². The van der Waals surface area contributed by atoms with Crippen LogP contribution in [0.3, 0.4) is 0 Å². The first-order valence-electron chi connectivity index (χ1n) is 4.45. The van der Waals surface area contributed by atoms with Gasteiger partial charge >= 0.3 is 12.1 Å². The third-order valence-corrected chi connectivity index (χ3v) is 1.76. The van der Waals surface area contributed by atoms with Gasteiger partial charge in [0.25, 0.3) is 0 Å². The number of carbonyl (C=O) groups is 2. The summed E-state index contributed by atoms with van der Waals surface area (Å²) in [4.78, 5) is 22.0. The Kier molecular flexibility index (Phi) is 3.51. The molecule has 1 rings (SSSR count). The maximum atomic E-state index is 12.2. The van der Waals surface area contributed by atoms with Crippen LogP contribution in [0.25, 0.3) is 0 Å². The molecule has 0 saturated carbocycles. The zero-order valence-electron chi connectivity index (χ0n) is 8.37. The van der Waals surface area contributed by atoms with Crippen LogP contribution < -0.4 is 0 Å². The summed E-state index contributed by atoms with van der Waals surface area (Å²) in [7, 11) is 0. The molecule has 0 N–H and O–H groups in total. The standard InChI is InChI=1S/C8H9F3N2O3/c1-2-16-7(15)4-13-6(14)3-5(12-13)8(9,10)11/h2-4H2,1H3. The van der Waals surface area contributed by atoms with Crippen LogP contribution in [0.1, 0.15) is 13.3 Å². The molecule has 0 aromatic carbocycles. The molecule has 0 unspecified atom stereocenters. The number of ether oxygens (including phenoxy) is 1. The molecule has 1 aliphatic heterocycles. The van der Waals surface area contributed by atoms with E-state index in [4.69, 9.17) is 0 Å². The molecular weight excluding hydrogens is 229 g/mol. The van der Waals surface area contributed by atoms with E-state index in [1.807, 2.05) is 0 Å². The average molecular weight is 238 g/mol. The van der Waals surface area contributed by atoms with Gasteiger partial charge in [0.1, 0.15) is 6.54 Å². The number of rotatable bonds is 3. The van der Waals surface area contributed by atoms with Crippen LogP contribution in [0.5, 0.6) is 0 Å². The van der Waals surface area contributed by atoms with E-state index in [2.05, 4.69) is 9.84 Å². The molecule has 1 aliphatic rings. The van der Waals surface area contributed by atoms with Crippen LogP contribution in [-0.2, 0) is 14.3 Å². The summed E-state index contributed by atoms with van der Waals surface area (Å²) in [5.74, 6) is -1.65. The first-order valence-corrected chi connectivity index (χ1v) is 4.45. The summed E-state index contributed by atoms with van der Waals surface area (Å²) in [6, 6.07) is 0. The summed E-state index contributed by atoms with van der Waals surface area (Å²) in [6.07, 6.45) is -5.47. The van der Waals surface area contributed by atoms with Crippen molar-refractivity contribution >= 4 is 17.6 Å². The summed E-state index contributed by atoms with van der Waals surface area (Å²) in [5.41, 5.74) is -1.19. The normalized spacial score (nSPS) is 16.4. The lowest BCUT2D eigenvalue weighted by atomic mass is 10.3. The summed E-state index contributed by atoms with van der Waals surface area (Å²) < 4.78 is 41.0. The van der Waals surface area contributed by atoms with Crippen LogP contribution in [-0.4, -0.2) is 41.9 Å².